The molecule has 11 atom stereocenters. The zero-order valence-electron chi connectivity index (χ0n) is 48.4. The van der Waals surface area contributed by atoms with Crippen molar-refractivity contribution in [3.63, 3.8) is 0 Å². The van der Waals surface area contributed by atoms with Crippen molar-refractivity contribution in [3.8, 4) is 0 Å². The number of rotatable bonds is 25. The highest BCUT2D eigenvalue weighted by atomic mass is 35.5. The van der Waals surface area contributed by atoms with Crippen LogP contribution in [0.5, 0.6) is 0 Å². The molecule has 3 amide bonds. The van der Waals surface area contributed by atoms with Crippen molar-refractivity contribution < 1.29 is 85.7 Å². The Bertz CT molecular complexity index is 3440. The van der Waals surface area contributed by atoms with Crippen molar-refractivity contribution in [2.24, 2.45) is 0 Å². The van der Waals surface area contributed by atoms with Crippen molar-refractivity contribution in [1.29, 1.82) is 0 Å². The highest BCUT2D eigenvalue weighted by Crippen LogP contribution is 2.48. The third kappa shape index (κ3) is 15.9. The number of hydrogen-bond donors (Lipinski definition) is 1. The number of esters is 3. The SMILES string of the molecule is CC(=O)CCC(=O)O[C@H]1[C@H]2OC(c3ccccc3)OC[C@H]2O[C@@H](O[C@H]2[C@H](OCc3ccccc3)[C@@H](OC(=O)c3ccccc3)[C@H](OCCCCCNC(=O)OCc3ccccc3)O[C@@H]2C(=O)OCc2ccccc2)[C@@H]1N1C(=O)c2c(Cl)c(Cl)c(Cl)c(Cl)c2C1=O. The molecular weight excluding hydrogens is 1250 g/mol. The molecule has 24 heteroatoms. The van der Waals surface area contributed by atoms with E-state index in [1.165, 1.54) is 19.1 Å². The van der Waals surface area contributed by atoms with E-state index < -0.39 is 131 Å². The number of carbonyl (C=O) groups is 7. The Hall–Kier alpha value is -7.31. The van der Waals surface area contributed by atoms with Crippen LogP contribution < -0.4 is 5.32 Å². The minimum atomic E-state index is -2.02. The summed E-state index contributed by atoms with van der Waals surface area (Å²) in [5.41, 5.74) is 1.75. The van der Waals surface area contributed by atoms with Crippen LogP contribution in [0.3, 0.4) is 0 Å². The first-order chi connectivity index (χ1) is 43.6. The fourth-order valence-corrected chi connectivity index (χ4v) is 11.7. The summed E-state index contributed by atoms with van der Waals surface area (Å²) < 4.78 is 71.0. The topological polar surface area (TPSA) is 236 Å². The van der Waals surface area contributed by atoms with Gasteiger partial charge in [0.15, 0.2) is 37.2 Å². The molecule has 3 saturated heterocycles. The third-order valence-corrected chi connectivity index (χ3v) is 16.9. The van der Waals surface area contributed by atoms with Crippen LogP contribution in [0.4, 0.5) is 4.79 Å². The average molecular weight is 1310 g/mol. The number of halogens is 4. The van der Waals surface area contributed by atoms with Gasteiger partial charge < -0.3 is 62.2 Å². The maximum absolute atomic E-state index is 15.3. The fraction of sp³-hybridized carbons (Fsp3) is 0.348. The lowest BCUT2D eigenvalue weighted by Crippen LogP contribution is -2.71. The fourth-order valence-electron chi connectivity index (χ4n) is 10.6. The maximum atomic E-state index is 15.3. The summed E-state index contributed by atoms with van der Waals surface area (Å²) in [5.74, 6) is -5.44. The van der Waals surface area contributed by atoms with E-state index in [4.69, 9.17) is 98.5 Å². The smallest absolute Gasteiger partial charge is 0.407 e. The van der Waals surface area contributed by atoms with Gasteiger partial charge in [-0.3, -0.25) is 19.3 Å². The maximum Gasteiger partial charge on any atom is 0.407 e. The van der Waals surface area contributed by atoms with Crippen LogP contribution in [0.25, 0.3) is 0 Å². The molecule has 4 aliphatic rings. The molecule has 4 heterocycles. The van der Waals surface area contributed by atoms with Crippen LogP contribution in [0.1, 0.15) is 98.6 Å². The number of Topliss-reactive ketones (excluding diaryl/α,β-unsaturated/α-hetero) is 1. The van der Waals surface area contributed by atoms with Crippen LogP contribution in [-0.2, 0) is 86.3 Å². The Morgan fingerprint density at radius 3 is 1.73 bits per heavy atom. The van der Waals surface area contributed by atoms with Gasteiger partial charge >= 0.3 is 24.0 Å². The number of amides is 3. The van der Waals surface area contributed by atoms with Crippen LogP contribution in [0, 0.1) is 0 Å². The number of ether oxygens (including phenoxy) is 11. The summed E-state index contributed by atoms with van der Waals surface area (Å²) in [6.07, 6.45) is -16.1. The summed E-state index contributed by atoms with van der Waals surface area (Å²) in [6.45, 7) is 0.809. The van der Waals surface area contributed by atoms with Gasteiger partial charge in [0.25, 0.3) is 11.8 Å². The second-order valence-corrected chi connectivity index (χ2v) is 22.9. The van der Waals surface area contributed by atoms with Crippen LogP contribution >= 0.6 is 46.4 Å². The minimum absolute atomic E-state index is 0.0539. The molecule has 0 radical (unpaired) electrons. The van der Waals surface area contributed by atoms with E-state index in [1.807, 2.05) is 30.3 Å². The molecule has 1 unspecified atom stereocenters. The molecule has 472 valence electrons. The minimum Gasteiger partial charge on any atom is -0.459 e. The van der Waals surface area contributed by atoms with E-state index in [9.17, 15) is 19.2 Å². The molecule has 90 heavy (non-hydrogen) atoms. The van der Waals surface area contributed by atoms with Crippen LogP contribution in [-0.4, -0.2) is 128 Å². The number of hydrogen-bond acceptors (Lipinski definition) is 18. The highest BCUT2D eigenvalue weighted by molar-refractivity contribution is 6.55. The molecule has 20 nitrogen and oxygen atoms in total. The number of fused-ring (bicyclic) bond motifs is 2. The first-order valence-electron chi connectivity index (χ1n) is 29.0. The van der Waals surface area contributed by atoms with Gasteiger partial charge in [-0.2, -0.15) is 0 Å². The Balaban J connectivity index is 1.04. The van der Waals surface area contributed by atoms with Gasteiger partial charge in [-0.1, -0.05) is 186 Å². The van der Waals surface area contributed by atoms with Crippen molar-refractivity contribution in [2.45, 2.75) is 126 Å². The molecule has 0 aromatic heterocycles. The van der Waals surface area contributed by atoms with Gasteiger partial charge in [0.1, 0.15) is 49.5 Å². The Kier molecular flexibility index (Phi) is 22.7. The molecule has 6 aromatic carbocycles. The summed E-state index contributed by atoms with van der Waals surface area (Å²) in [5, 5.41) is 1.18. The highest BCUT2D eigenvalue weighted by Gasteiger charge is 2.62. The third-order valence-electron chi connectivity index (χ3n) is 15.1. The van der Waals surface area contributed by atoms with Crippen molar-refractivity contribution in [3.05, 3.63) is 211 Å². The summed E-state index contributed by atoms with van der Waals surface area (Å²) in [6, 6.07) is 41.7. The lowest BCUT2D eigenvalue weighted by molar-refractivity contribution is -0.375. The molecule has 1 N–H and O–H groups in total. The Labute approximate surface area is 538 Å². The normalized spacial score (nSPS) is 23.7. The largest absolute Gasteiger partial charge is 0.459 e. The summed E-state index contributed by atoms with van der Waals surface area (Å²) in [7, 11) is 0. The monoisotopic (exact) mass is 1310 g/mol. The van der Waals surface area contributed by atoms with Gasteiger partial charge in [-0.05, 0) is 55.0 Å². The van der Waals surface area contributed by atoms with Gasteiger partial charge in [-0.15, -0.1) is 0 Å². The number of unbranched alkanes of at least 4 members (excludes halogenated alkanes) is 2. The van der Waals surface area contributed by atoms with Crippen molar-refractivity contribution in [1.82, 2.24) is 10.2 Å². The van der Waals surface area contributed by atoms with E-state index in [-0.39, 0.29) is 67.4 Å². The van der Waals surface area contributed by atoms with E-state index in [1.54, 1.807) is 109 Å². The Morgan fingerprint density at radius 2 is 1.13 bits per heavy atom. The number of benzene rings is 6. The zero-order valence-corrected chi connectivity index (χ0v) is 51.4. The van der Waals surface area contributed by atoms with Gasteiger partial charge in [0.2, 0.25) is 0 Å². The lowest BCUT2D eigenvalue weighted by Gasteiger charge is -2.52. The first-order valence-corrected chi connectivity index (χ1v) is 30.6. The first kappa shape index (κ1) is 65.6. The number of imide groups is 1. The molecule has 0 spiro atoms. The number of nitrogens with one attached hydrogen (secondary N) is 1. The number of nitrogens with zero attached hydrogens (tertiary/aromatic N) is 1. The van der Waals surface area contributed by atoms with E-state index in [2.05, 4.69) is 5.32 Å². The molecule has 0 aliphatic carbocycles. The van der Waals surface area contributed by atoms with Crippen molar-refractivity contribution >= 4 is 88.0 Å². The van der Waals surface area contributed by atoms with Crippen LogP contribution in [0.15, 0.2) is 152 Å². The molecule has 0 saturated carbocycles. The van der Waals surface area contributed by atoms with Gasteiger partial charge in [0.05, 0.1) is 56.4 Å². The second kappa shape index (κ2) is 31.1. The lowest BCUT2D eigenvalue weighted by atomic mass is 9.93. The van der Waals surface area contributed by atoms with Crippen molar-refractivity contribution in [2.75, 3.05) is 19.8 Å². The predicted molar refractivity (Wildman–Crippen MR) is 324 cm³/mol. The summed E-state index contributed by atoms with van der Waals surface area (Å²) in [4.78, 5) is 100. The molecular formula is C66H62Cl4N2O18. The molecule has 10 rings (SSSR count). The molecule has 0 bridgehead atoms. The standard InChI is InChI=1S/C66H62Cl4N2O18/c1-38(73)30-31-45(74)86-54-52(72-59(75)46-47(60(72)76)49(68)51(70)50(69)48(46)67)64(85-44-37-83-63(88-53(44)54)43-28-16-6-17-29-43)89-56-55(81-34-39-20-8-2-9-21-39)58(87-61(77)42-26-14-5-15-27-42)65(90-57(56)62(78)82-35-40-22-10-3-11-23-40)80-33-19-7-18-32-71-66(79)84-36-41-24-12-4-13-25-41/h2-6,8-17,20-29,44,52-58,63-65H,7,18-19,30-37H2,1H3,(H,71,79)/t44-,52-,53+,54-,55+,56+,57+,58-,63?,64+,65-/m1/s1. The molecule has 3 fully saturated rings. The molecule has 4 aliphatic heterocycles. The number of alkyl carbamates (subject to hydrolysis) is 1. The average Bonchev–Trinajstić information content (AvgIpc) is 1.51. The van der Waals surface area contributed by atoms with Crippen LogP contribution in [0.2, 0.25) is 20.1 Å². The van der Waals surface area contributed by atoms with E-state index in [0.29, 0.717) is 40.9 Å². The quantitative estimate of drug-likeness (QED) is 0.0140. The van der Waals surface area contributed by atoms with E-state index in [0.717, 1.165) is 5.56 Å². The molecule has 6 aromatic rings. The predicted octanol–water partition coefficient (Wildman–Crippen LogP) is 11.2. The number of carbonyl (C=O) groups excluding carboxylic acids is 7. The Morgan fingerprint density at radius 1 is 0.567 bits per heavy atom. The van der Waals surface area contributed by atoms with E-state index >= 15 is 14.4 Å². The van der Waals surface area contributed by atoms with Gasteiger partial charge in [0, 0.05) is 25.1 Å². The number of ketones is 1. The zero-order chi connectivity index (χ0) is 63.3. The summed E-state index contributed by atoms with van der Waals surface area (Å²) >= 11 is 26.6. The van der Waals surface area contributed by atoms with Gasteiger partial charge in [-0.25, -0.2) is 14.4 Å². The second-order valence-electron chi connectivity index (χ2n) is 21.4.